The van der Waals surface area contributed by atoms with Crippen molar-refractivity contribution < 1.29 is 9.53 Å². The highest BCUT2D eigenvalue weighted by molar-refractivity contribution is 6.31. The van der Waals surface area contributed by atoms with Crippen LogP contribution < -0.4 is 10.1 Å². The first kappa shape index (κ1) is 14.2. The van der Waals surface area contributed by atoms with Crippen LogP contribution in [0, 0.1) is 0 Å². The number of methoxy groups -OCH3 is 1. The number of benzene rings is 1. The molecule has 1 aromatic carbocycles. The molecule has 104 valence electrons. The van der Waals surface area contributed by atoms with Crippen LogP contribution in [0.2, 0.25) is 5.02 Å². The molecule has 5 heteroatoms. The van der Waals surface area contributed by atoms with E-state index in [0.717, 1.165) is 26.1 Å². The summed E-state index contributed by atoms with van der Waals surface area (Å²) in [6, 6.07) is 5.30. The van der Waals surface area contributed by atoms with Gasteiger partial charge in [-0.2, -0.15) is 0 Å². The highest BCUT2D eigenvalue weighted by atomic mass is 35.5. The molecule has 4 nitrogen and oxygen atoms in total. The second kappa shape index (κ2) is 6.26. The predicted octanol–water partition coefficient (Wildman–Crippen LogP) is 2.17. The van der Waals surface area contributed by atoms with Gasteiger partial charge in [0.2, 0.25) is 0 Å². The zero-order chi connectivity index (χ0) is 13.8. The molecular formula is C14H19ClN2O2. The van der Waals surface area contributed by atoms with Crippen LogP contribution in [0.4, 0.5) is 0 Å². The topological polar surface area (TPSA) is 41.6 Å². The van der Waals surface area contributed by atoms with Crippen molar-refractivity contribution >= 4 is 17.5 Å². The summed E-state index contributed by atoms with van der Waals surface area (Å²) in [4.78, 5) is 14.5. The van der Waals surface area contributed by atoms with Gasteiger partial charge in [0.1, 0.15) is 5.75 Å². The van der Waals surface area contributed by atoms with Gasteiger partial charge in [-0.25, -0.2) is 0 Å². The highest BCUT2D eigenvalue weighted by Crippen LogP contribution is 2.25. The predicted molar refractivity (Wildman–Crippen MR) is 76.0 cm³/mol. The number of hydrogen-bond donors (Lipinski definition) is 1. The van der Waals surface area contributed by atoms with Crippen LogP contribution in [-0.2, 0) is 0 Å². The van der Waals surface area contributed by atoms with Gasteiger partial charge in [-0.1, -0.05) is 11.6 Å². The molecule has 1 unspecified atom stereocenters. The van der Waals surface area contributed by atoms with E-state index in [-0.39, 0.29) is 11.9 Å². The van der Waals surface area contributed by atoms with Crippen LogP contribution in [0.3, 0.4) is 0 Å². The number of halogens is 1. The third-order valence-corrected chi connectivity index (χ3v) is 3.61. The van der Waals surface area contributed by atoms with Crippen molar-refractivity contribution in [2.24, 2.45) is 0 Å². The number of ether oxygens (including phenoxy) is 1. The average molecular weight is 283 g/mol. The molecule has 1 atom stereocenters. The number of amides is 1. The summed E-state index contributed by atoms with van der Waals surface area (Å²) in [5.74, 6) is 0.550. The van der Waals surface area contributed by atoms with Crippen LogP contribution in [0.5, 0.6) is 5.75 Å². The zero-order valence-electron chi connectivity index (χ0n) is 11.3. The van der Waals surface area contributed by atoms with E-state index < -0.39 is 0 Å². The first-order valence-electron chi connectivity index (χ1n) is 6.48. The van der Waals surface area contributed by atoms with E-state index in [9.17, 15) is 4.79 Å². The number of nitrogens with one attached hydrogen (secondary N) is 1. The van der Waals surface area contributed by atoms with Gasteiger partial charge in [-0.3, -0.25) is 4.79 Å². The van der Waals surface area contributed by atoms with Gasteiger partial charge in [0.25, 0.3) is 5.91 Å². The fourth-order valence-corrected chi connectivity index (χ4v) is 2.49. The summed E-state index contributed by atoms with van der Waals surface area (Å²) in [6.45, 7) is 4.56. The molecule has 0 bridgehead atoms. The smallest absolute Gasteiger partial charge is 0.257 e. The quantitative estimate of drug-likeness (QED) is 0.904. The van der Waals surface area contributed by atoms with Crippen LogP contribution in [0.1, 0.15) is 23.7 Å². The van der Waals surface area contributed by atoms with Crippen molar-refractivity contribution in [2.45, 2.75) is 19.4 Å². The summed E-state index contributed by atoms with van der Waals surface area (Å²) >= 11 is 5.99. The van der Waals surface area contributed by atoms with Gasteiger partial charge in [0.15, 0.2) is 0 Å². The lowest BCUT2D eigenvalue weighted by Gasteiger charge is -2.27. The Hall–Kier alpha value is -1.26. The molecule has 1 fully saturated rings. The van der Waals surface area contributed by atoms with E-state index in [1.54, 1.807) is 25.3 Å². The van der Waals surface area contributed by atoms with Crippen molar-refractivity contribution in [1.82, 2.24) is 10.2 Å². The monoisotopic (exact) mass is 282 g/mol. The number of carbonyl (C=O) groups is 1. The Morgan fingerprint density at radius 2 is 2.32 bits per heavy atom. The molecule has 1 aromatic rings. The SMILES string of the molecule is COc1ccc(Cl)cc1C(=O)N1CCCNCC1C. The third-order valence-electron chi connectivity index (χ3n) is 3.38. The number of rotatable bonds is 2. The Labute approximate surface area is 118 Å². The summed E-state index contributed by atoms with van der Waals surface area (Å²) in [7, 11) is 1.56. The molecule has 19 heavy (non-hydrogen) atoms. The third kappa shape index (κ3) is 3.19. The van der Waals surface area contributed by atoms with Gasteiger partial charge in [-0.15, -0.1) is 0 Å². The maximum absolute atomic E-state index is 12.7. The normalized spacial score (nSPS) is 19.9. The average Bonchev–Trinajstić information content (AvgIpc) is 2.62. The molecule has 1 N–H and O–H groups in total. The van der Waals surface area contributed by atoms with Crippen molar-refractivity contribution in [3.63, 3.8) is 0 Å². The van der Waals surface area contributed by atoms with Crippen LogP contribution in [0.25, 0.3) is 0 Å². The van der Waals surface area contributed by atoms with Crippen molar-refractivity contribution in [3.8, 4) is 5.75 Å². The second-order valence-corrected chi connectivity index (χ2v) is 5.19. The summed E-state index contributed by atoms with van der Waals surface area (Å²) in [6.07, 6.45) is 0.957. The Morgan fingerprint density at radius 3 is 3.05 bits per heavy atom. The molecule has 2 rings (SSSR count). The number of carbonyl (C=O) groups excluding carboxylic acids is 1. The Balaban J connectivity index is 2.29. The first-order chi connectivity index (χ1) is 9.13. The molecule has 1 aliphatic heterocycles. The molecule has 0 spiro atoms. The molecule has 1 saturated heterocycles. The Morgan fingerprint density at radius 1 is 1.53 bits per heavy atom. The van der Waals surface area contributed by atoms with E-state index in [0.29, 0.717) is 16.3 Å². The summed E-state index contributed by atoms with van der Waals surface area (Å²) in [5.41, 5.74) is 0.531. The van der Waals surface area contributed by atoms with Gasteiger partial charge >= 0.3 is 0 Å². The highest BCUT2D eigenvalue weighted by Gasteiger charge is 2.25. The minimum absolute atomic E-state index is 0.0180. The molecular weight excluding hydrogens is 264 g/mol. The van der Waals surface area contributed by atoms with Crippen molar-refractivity contribution in [2.75, 3.05) is 26.7 Å². The van der Waals surface area contributed by atoms with Crippen molar-refractivity contribution in [3.05, 3.63) is 28.8 Å². The standard InChI is InChI=1S/C14H19ClN2O2/c1-10-9-16-6-3-7-17(10)14(18)12-8-11(15)4-5-13(12)19-2/h4-5,8,10,16H,3,6-7,9H2,1-2H3. The maximum atomic E-state index is 12.7. The lowest BCUT2D eigenvalue weighted by atomic mass is 10.1. The minimum Gasteiger partial charge on any atom is -0.496 e. The lowest BCUT2D eigenvalue weighted by molar-refractivity contribution is 0.0703. The Kier molecular flexibility index (Phi) is 4.66. The Bertz CT molecular complexity index is 465. The van der Waals surface area contributed by atoms with Gasteiger partial charge in [0.05, 0.1) is 12.7 Å². The maximum Gasteiger partial charge on any atom is 0.257 e. The van der Waals surface area contributed by atoms with Gasteiger partial charge < -0.3 is 15.0 Å². The van der Waals surface area contributed by atoms with Crippen LogP contribution in [0.15, 0.2) is 18.2 Å². The molecule has 1 aliphatic rings. The molecule has 0 aliphatic carbocycles. The molecule has 0 aromatic heterocycles. The first-order valence-corrected chi connectivity index (χ1v) is 6.86. The fourth-order valence-electron chi connectivity index (χ4n) is 2.32. The van der Waals surface area contributed by atoms with Gasteiger partial charge in [-0.05, 0) is 38.1 Å². The van der Waals surface area contributed by atoms with E-state index >= 15 is 0 Å². The minimum atomic E-state index is -0.0180. The largest absolute Gasteiger partial charge is 0.496 e. The second-order valence-electron chi connectivity index (χ2n) is 4.75. The number of hydrogen-bond acceptors (Lipinski definition) is 3. The number of nitrogens with zero attached hydrogens (tertiary/aromatic N) is 1. The van der Waals surface area contributed by atoms with E-state index in [4.69, 9.17) is 16.3 Å². The van der Waals surface area contributed by atoms with Crippen LogP contribution in [-0.4, -0.2) is 43.6 Å². The van der Waals surface area contributed by atoms with E-state index in [2.05, 4.69) is 5.32 Å². The molecule has 0 saturated carbocycles. The molecule has 0 radical (unpaired) electrons. The summed E-state index contributed by atoms with van der Waals surface area (Å²) in [5, 5.41) is 3.87. The fraction of sp³-hybridized carbons (Fsp3) is 0.500. The lowest BCUT2D eigenvalue weighted by Crippen LogP contribution is -2.41. The van der Waals surface area contributed by atoms with Crippen molar-refractivity contribution in [1.29, 1.82) is 0 Å². The summed E-state index contributed by atoms with van der Waals surface area (Å²) < 4.78 is 5.26. The molecule has 1 amide bonds. The van der Waals surface area contributed by atoms with E-state index in [1.165, 1.54) is 0 Å². The van der Waals surface area contributed by atoms with E-state index in [1.807, 2.05) is 11.8 Å². The van der Waals surface area contributed by atoms with Crippen LogP contribution >= 0.6 is 11.6 Å². The zero-order valence-corrected chi connectivity index (χ0v) is 12.0. The van der Waals surface area contributed by atoms with Gasteiger partial charge in [0, 0.05) is 24.2 Å². The molecule has 1 heterocycles.